The quantitative estimate of drug-likeness (QED) is 0.462. The molecule has 4 rings (SSSR count). The largest absolute Gasteiger partial charge is 0.507 e. The van der Waals surface area contributed by atoms with E-state index in [2.05, 4.69) is 0 Å². The number of ether oxygens (including phenoxy) is 1. The maximum absolute atomic E-state index is 12.6. The number of phenolic OH excluding ortho intramolecular Hbond substituents is 1. The van der Waals surface area contributed by atoms with Gasteiger partial charge in [-0.1, -0.05) is 19.1 Å². The molecule has 0 radical (unpaired) electrons. The lowest BCUT2D eigenvalue weighted by Crippen LogP contribution is -2.49. The third-order valence-electron chi connectivity index (χ3n) is 6.13. The summed E-state index contributed by atoms with van der Waals surface area (Å²) in [5, 5.41) is 31.7. The maximum atomic E-state index is 12.6. The third kappa shape index (κ3) is 3.86. The van der Waals surface area contributed by atoms with Crippen molar-refractivity contribution in [3.05, 3.63) is 63.5 Å². The van der Waals surface area contributed by atoms with E-state index >= 15 is 0 Å². The summed E-state index contributed by atoms with van der Waals surface area (Å²) in [6.45, 7) is 3.60. The van der Waals surface area contributed by atoms with Crippen LogP contribution in [0.4, 0.5) is 5.69 Å². The van der Waals surface area contributed by atoms with E-state index in [9.17, 15) is 20.1 Å². The number of nitrogens with two attached hydrogens (primary N) is 1. The van der Waals surface area contributed by atoms with E-state index in [0.717, 1.165) is 5.56 Å². The first-order chi connectivity index (χ1) is 14.7. The van der Waals surface area contributed by atoms with Crippen molar-refractivity contribution in [2.24, 2.45) is 0 Å². The number of aliphatic hydroxyl groups is 2. The van der Waals surface area contributed by atoms with Crippen molar-refractivity contribution in [3.8, 4) is 11.5 Å². The average Bonchev–Trinajstić information content (AvgIpc) is 2.74. The summed E-state index contributed by atoms with van der Waals surface area (Å²) in [6, 6.07) is 10.3. The van der Waals surface area contributed by atoms with Crippen molar-refractivity contribution >= 4 is 16.7 Å². The monoisotopic (exact) mass is 425 g/mol. The Kier molecular flexibility index (Phi) is 5.41. The Bertz CT molecular complexity index is 1170. The predicted molar refractivity (Wildman–Crippen MR) is 117 cm³/mol. The lowest BCUT2D eigenvalue weighted by atomic mass is 9.84. The Morgan fingerprint density at radius 2 is 1.97 bits per heavy atom. The number of aromatic hydroxyl groups is 1. The lowest BCUT2D eigenvalue weighted by molar-refractivity contribution is -0.0595. The van der Waals surface area contributed by atoms with Crippen molar-refractivity contribution in [2.45, 2.75) is 57.3 Å². The van der Waals surface area contributed by atoms with Gasteiger partial charge in [0, 0.05) is 29.8 Å². The SMILES string of the molecule is CCC(O)c1cc(=O)c2c(O)c3c(cc2o1)OC(C)(CCc1ccc(N)cc1)C(O)C3. The van der Waals surface area contributed by atoms with Crippen LogP contribution in [-0.4, -0.2) is 27.0 Å². The number of nitrogen functional groups attached to an aromatic ring is 1. The highest BCUT2D eigenvalue weighted by Gasteiger charge is 2.41. The molecule has 0 saturated heterocycles. The summed E-state index contributed by atoms with van der Waals surface area (Å²) >= 11 is 0. The van der Waals surface area contributed by atoms with Crippen LogP contribution < -0.4 is 15.9 Å². The molecule has 7 heteroatoms. The van der Waals surface area contributed by atoms with Gasteiger partial charge >= 0.3 is 0 Å². The number of hydrogen-bond acceptors (Lipinski definition) is 7. The van der Waals surface area contributed by atoms with Crippen LogP contribution >= 0.6 is 0 Å². The molecule has 5 N–H and O–H groups in total. The molecule has 0 amide bonds. The molecule has 0 fully saturated rings. The molecule has 0 aliphatic carbocycles. The van der Waals surface area contributed by atoms with E-state index in [1.165, 1.54) is 6.07 Å². The van der Waals surface area contributed by atoms with Crippen molar-refractivity contribution in [1.82, 2.24) is 0 Å². The van der Waals surface area contributed by atoms with E-state index in [4.69, 9.17) is 14.9 Å². The first kappa shape index (κ1) is 21.2. The fourth-order valence-electron chi connectivity index (χ4n) is 4.02. The van der Waals surface area contributed by atoms with Crippen molar-refractivity contribution in [3.63, 3.8) is 0 Å². The summed E-state index contributed by atoms with van der Waals surface area (Å²) in [6.07, 6.45) is -0.0428. The van der Waals surface area contributed by atoms with Crippen LogP contribution in [0.25, 0.3) is 11.0 Å². The molecule has 164 valence electrons. The van der Waals surface area contributed by atoms with Gasteiger partial charge < -0.3 is 30.2 Å². The molecule has 1 aromatic heterocycles. The molecule has 2 heterocycles. The van der Waals surface area contributed by atoms with E-state index in [1.807, 2.05) is 31.2 Å². The van der Waals surface area contributed by atoms with Gasteiger partial charge in [0.2, 0.25) is 0 Å². The van der Waals surface area contributed by atoms with Gasteiger partial charge in [0.1, 0.15) is 39.9 Å². The smallest absolute Gasteiger partial charge is 0.196 e. The maximum Gasteiger partial charge on any atom is 0.196 e. The van der Waals surface area contributed by atoms with Crippen molar-refractivity contribution in [1.29, 1.82) is 0 Å². The Balaban J connectivity index is 1.69. The molecule has 1 aliphatic heterocycles. The molecule has 3 aromatic rings. The normalized spacial score (nSPS) is 21.5. The van der Waals surface area contributed by atoms with Crippen LogP contribution in [0.1, 0.15) is 49.7 Å². The van der Waals surface area contributed by atoms with Crippen LogP contribution in [-0.2, 0) is 12.8 Å². The number of rotatable bonds is 5. The summed E-state index contributed by atoms with van der Waals surface area (Å²) in [7, 11) is 0. The van der Waals surface area contributed by atoms with Crippen molar-refractivity contribution in [2.75, 3.05) is 5.73 Å². The van der Waals surface area contributed by atoms with Crippen molar-refractivity contribution < 1.29 is 24.5 Å². The highest BCUT2D eigenvalue weighted by atomic mass is 16.5. The van der Waals surface area contributed by atoms with E-state index < -0.39 is 23.2 Å². The van der Waals surface area contributed by atoms with E-state index in [-0.39, 0.29) is 28.9 Å². The Hall–Kier alpha value is -3.03. The molecule has 1 aliphatic rings. The first-order valence-electron chi connectivity index (χ1n) is 10.4. The molecule has 0 saturated carbocycles. The number of phenols is 1. The number of aryl methyl sites for hydroxylation is 1. The number of benzene rings is 2. The molecule has 0 spiro atoms. The number of aliphatic hydroxyl groups excluding tert-OH is 2. The van der Waals surface area contributed by atoms with Gasteiger partial charge in [0.15, 0.2) is 5.43 Å². The van der Waals surface area contributed by atoms with Gasteiger partial charge in [-0.15, -0.1) is 0 Å². The summed E-state index contributed by atoms with van der Waals surface area (Å²) < 4.78 is 11.9. The second kappa shape index (κ2) is 7.90. The van der Waals surface area contributed by atoms with Gasteiger partial charge in [0.25, 0.3) is 0 Å². The highest BCUT2D eigenvalue weighted by molar-refractivity contribution is 5.87. The molecule has 0 bridgehead atoms. The fraction of sp³-hybridized carbons (Fsp3) is 0.375. The van der Waals surface area contributed by atoms with Gasteiger partial charge in [-0.05, 0) is 43.9 Å². The molecule has 3 atom stereocenters. The zero-order chi connectivity index (χ0) is 22.3. The fourth-order valence-corrected chi connectivity index (χ4v) is 4.02. The Morgan fingerprint density at radius 3 is 2.65 bits per heavy atom. The second-order valence-electron chi connectivity index (χ2n) is 8.39. The molecule has 7 nitrogen and oxygen atoms in total. The highest BCUT2D eigenvalue weighted by Crippen LogP contribution is 2.43. The number of fused-ring (bicyclic) bond motifs is 2. The van der Waals surface area contributed by atoms with Gasteiger partial charge in [-0.25, -0.2) is 0 Å². The first-order valence-corrected chi connectivity index (χ1v) is 10.4. The van der Waals surface area contributed by atoms with Crippen LogP contribution in [0.2, 0.25) is 0 Å². The lowest BCUT2D eigenvalue weighted by Gasteiger charge is -2.40. The molecular formula is C24H27NO6. The summed E-state index contributed by atoms with van der Waals surface area (Å²) in [5.41, 5.74) is 6.68. The van der Waals surface area contributed by atoms with Crippen LogP contribution in [0.5, 0.6) is 11.5 Å². The minimum Gasteiger partial charge on any atom is -0.507 e. The summed E-state index contributed by atoms with van der Waals surface area (Å²) in [5.74, 6) is 0.251. The predicted octanol–water partition coefficient (Wildman–Crippen LogP) is 3.21. The second-order valence-corrected chi connectivity index (χ2v) is 8.39. The molecule has 3 unspecified atom stereocenters. The summed E-state index contributed by atoms with van der Waals surface area (Å²) in [4.78, 5) is 12.6. The topological polar surface area (TPSA) is 126 Å². The Labute approximate surface area is 179 Å². The molecule has 31 heavy (non-hydrogen) atoms. The Morgan fingerprint density at radius 1 is 1.26 bits per heavy atom. The van der Waals surface area contributed by atoms with E-state index in [0.29, 0.717) is 36.3 Å². The number of anilines is 1. The number of hydrogen-bond donors (Lipinski definition) is 4. The van der Waals surface area contributed by atoms with Crippen LogP contribution in [0.15, 0.2) is 45.6 Å². The molecular weight excluding hydrogens is 398 g/mol. The minimum absolute atomic E-state index is 0.0204. The van der Waals surface area contributed by atoms with Gasteiger partial charge in [0.05, 0.1) is 6.10 Å². The van der Waals surface area contributed by atoms with Crippen LogP contribution in [0, 0.1) is 0 Å². The standard InChI is InChI=1S/C24H27NO6/c1-3-16(26)19-11-17(27)22-20(30-19)12-18-15(23(22)29)10-21(28)24(2,31-18)9-8-13-4-6-14(25)7-5-13/h4-7,11-12,16,21,26,28-29H,3,8-10,25H2,1-2H3. The van der Waals surface area contributed by atoms with Gasteiger partial charge in [-0.2, -0.15) is 0 Å². The van der Waals surface area contributed by atoms with Gasteiger partial charge in [-0.3, -0.25) is 4.79 Å². The zero-order valence-electron chi connectivity index (χ0n) is 17.6. The third-order valence-corrected chi connectivity index (χ3v) is 6.13. The minimum atomic E-state index is -0.914. The van der Waals surface area contributed by atoms with Crippen LogP contribution in [0.3, 0.4) is 0 Å². The zero-order valence-corrected chi connectivity index (χ0v) is 17.6. The average molecular weight is 425 g/mol. The molecule has 2 aromatic carbocycles. The van der Waals surface area contributed by atoms with E-state index in [1.54, 1.807) is 13.0 Å².